The molecule has 3 rings (SSSR count). The second-order valence-corrected chi connectivity index (χ2v) is 9.20. The third-order valence-corrected chi connectivity index (χ3v) is 5.66. The maximum Gasteiger partial charge on any atom is 0.225 e. The van der Waals surface area contributed by atoms with Gasteiger partial charge < -0.3 is 15.3 Å². The van der Waals surface area contributed by atoms with Crippen LogP contribution in [0.25, 0.3) is 0 Å². The minimum absolute atomic E-state index is 0.0525. The van der Waals surface area contributed by atoms with Gasteiger partial charge in [-0.3, -0.25) is 0 Å². The van der Waals surface area contributed by atoms with E-state index in [1.165, 1.54) is 11.1 Å². The maximum atomic E-state index is 9.70. The van der Waals surface area contributed by atoms with Gasteiger partial charge in [0, 0.05) is 24.6 Å². The van der Waals surface area contributed by atoms with E-state index < -0.39 is 0 Å². The number of hydrogen-bond donors (Lipinski definition) is 2. The fraction of sp³-hybridized carbons (Fsp3) is 0.565. The van der Waals surface area contributed by atoms with Gasteiger partial charge in [0.15, 0.2) is 0 Å². The first kappa shape index (κ1) is 20.6. The zero-order chi connectivity index (χ0) is 20.5. The Bertz CT molecular complexity index is 816. The first-order valence-electron chi connectivity index (χ1n) is 10.3. The van der Waals surface area contributed by atoms with Crippen LogP contribution >= 0.6 is 0 Å². The molecule has 5 heteroatoms. The molecule has 1 aromatic heterocycles. The molecule has 28 heavy (non-hydrogen) atoms. The molecule has 0 unspecified atom stereocenters. The molecule has 152 valence electrons. The van der Waals surface area contributed by atoms with E-state index in [1.54, 1.807) is 0 Å². The normalized spacial score (nSPS) is 17.0. The van der Waals surface area contributed by atoms with Gasteiger partial charge in [0.05, 0.1) is 18.3 Å². The van der Waals surface area contributed by atoms with Gasteiger partial charge in [-0.15, -0.1) is 0 Å². The molecule has 0 fully saturated rings. The molecule has 1 aromatic carbocycles. The minimum atomic E-state index is -0.0613. The van der Waals surface area contributed by atoms with Gasteiger partial charge >= 0.3 is 0 Å². The Morgan fingerprint density at radius 2 is 1.86 bits per heavy atom. The lowest BCUT2D eigenvalue weighted by Crippen LogP contribution is -2.42. The van der Waals surface area contributed by atoms with Crippen molar-refractivity contribution in [2.75, 3.05) is 23.4 Å². The molecule has 2 N–H and O–H groups in total. The van der Waals surface area contributed by atoms with Crippen molar-refractivity contribution in [1.29, 1.82) is 0 Å². The third-order valence-electron chi connectivity index (χ3n) is 5.66. The Balaban J connectivity index is 1.97. The zero-order valence-electron chi connectivity index (χ0n) is 18.0. The molecule has 0 radical (unpaired) electrons. The van der Waals surface area contributed by atoms with E-state index in [1.807, 2.05) is 0 Å². The van der Waals surface area contributed by atoms with Crippen LogP contribution in [0.15, 0.2) is 30.3 Å². The molecule has 0 saturated heterocycles. The van der Waals surface area contributed by atoms with E-state index in [-0.39, 0.29) is 18.1 Å². The van der Waals surface area contributed by atoms with Crippen LogP contribution in [0.3, 0.4) is 0 Å². The molecule has 0 bridgehead atoms. The Hall–Kier alpha value is -2.14. The van der Waals surface area contributed by atoms with E-state index in [4.69, 9.17) is 9.97 Å². The SMILES string of the molecule is CC(C)c1cc(N2Cc3ccccc3C(C)(C)C2)nc(N[C@@H](CO)C(C)C)n1. The summed E-state index contributed by atoms with van der Waals surface area (Å²) in [6, 6.07) is 10.7. The van der Waals surface area contributed by atoms with Gasteiger partial charge in [-0.05, 0) is 23.0 Å². The second kappa shape index (κ2) is 8.08. The molecule has 0 aliphatic carbocycles. The van der Waals surface area contributed by atoms with Gasteiger partial charge in [0.2, 0.25) is 5.95 Å². The Morgan fingerprint density at radius 1 is 1.14 bits per heavy atom. The molecule has 2 aromatic rings. The van der Waals surface area contributed by atoms with Gasteiger partial charge in [-0.1, -0.05) is 65.8 Å². The number of nitrogens with zero attached hydrogens (tertiary/aromatic N) is 3. The van der Waals surface area contributed by atoms with Crippen LogP contribution in [0.5, 0.6) is 0 Å². The summed E-state index contributed by atoms with van der Waals surface area (Å²) in [5, 5.41) is 13.0. The van der Waals surface area contributed by atoms with Crippen LogP contribution in [0.4, 0.5) is 11.8 Å². The predicted octanol–water partition coefficient (Wildman–Crippen LogP) is 4.33. The summed E-state index contributed by atoms with van der Waals surface area (Å²) in [7, 11) is 0. The van der Waals surface area contributed by atoms with Crippen molar-refractivity contribution in [3.05, 3.63) is 47.2 Å². The number of fused-ring (bicyclic) bond motifs is 1. The highest BCUT2D eigenvalue weighted by atomic mass is 16.3. The molecule has 0 saturated carbocycles. The van der Waals surface area contributed by atoms with Crippen molar-refractivity contribution in [3.8, 4) is 0 Å². The summed E-state index contributed by atoms with van der Waals surface area (Å²) in [4.78, 5) is 11.9. The number of aliphatic hydroxyl groups is 1. The molecule has 1 aliphatic rings. The van der Waals surface area contributed by atoms with E-state index in [2.05, 4.69) is 82.1 Å². The lowest BCUT2D eigenvalue weighted by Gasteiger charge is -2.40. The van der Waals surface area contributed by atoms with Crippen LogP contribution < -0.4 is 10.2 Å². The summed E-state index contributed by atoms with van der Waals surface area (Å²) < 4.78 is 0. The largest absolute Gasteiger partial charge is 0.394 e. The number of rotatable bonds is 6. The van der Waals surface area contributed by atoms with Crippen molar-refractivity contribution in [2.45, 2.75) is 65.5 Å². The van der Waals surface area contributed by atoms with Crippen molar-refractivity contribution in [2.24, 2.45) is 5.92 Å². The number of anilines is 2. The second-order valence-electron chi connectivity index (χ2n) is 9.20. The highest BCUT2D eigenvalue weighted by Crippen LogP contribution is 2.35. The van der Waals surface area contributed by atoms with Crippen molar-refractivity contribution in [1.82, 2.24) is 9.97 Å². The smallest absolute Gasteiger partial charge is 0.225 e. The van der Waals surface area contributed by atoms with Crippen LogP contribution in [0.2, 0.25) is 0 Å². The standard InChI is InChI=1S/C23H34N4O/c1-15(2)19-11-21(26-22(24-19)25-20(13-28)16(3)4)27-12-17-9-7-8-10-18(17)23(5,6)14-27/h7-11,15-16,20,28H,12-14H2,1-6H3,(H,24,25,26)/t20-/m0/s1. The van der Waals surface area contributed by atoms with Gasteiger partial charge in [0.25, 0.3) is 0 Å². The van der Waals surface area contributed by atoms with Crippen molar-refractivity contribution >= 4 is 11.8 Å². The number of benzene rings is 1. The zero-order valence-corrected chi connectivity index (χ0v) is 18.0. The fourth-order valence-corrected chi connectivity index (χ4v) is 3.87. The predicted molar refractivity (Wildman–Crippen MR) is 116 cm³/mol. The fourth-order valence-electron chi connectivity index (χ4n) is 3.87. The third kappa shape index (κ3) is 4.30. The first-order chi connectivity index (χ1) is 13.2. The molecule has 1 atom stereocenters. The van der Waals surface area contributed by atoms with Crippen molar-refractivity contribution < 1.29 is 5.11 Å². The van der Waals surface area contributed by atoms with Gasteiger partial charge in [-0.25, -0.2) is 4.98 Å². The lowest BCUT2D eigenvalue weighted by atomic mass is 9.78. The summed E-state index contributed by atoms with van der Waals surface area (Å²) in [5.41, 5.74) is 3.85. The lowest BCUT2D eigenvalue weighted by molar-refractivity contribution is 0.248. The minimum Gasteiger partial charge on any atom is -0.394 e. The van der Waals surface area contributed by atoms with Gasteiger partial charge in [-0.2, -0.15) is 4.98 Å². The number of hydrogen-bond acceptors (Lipinski definition) is 5. The maximum absolute atomic E-state index is 9.70. The van der Waals surface area contributed by atoms with E-state index in [0.717, 1.165) is 24.6 Å². The molecule has 1 aliphatic heterocycles. The summed E-state index contributed by atoms with van der Waals surface area (Å²) in [6.07, 6.45) is 0. The molecule has 5 nitrogen and oxygen atoms in total. The van der Waals surface area contributed by atoms with Crippen LogP contribution in [0.1, 0.15) is 64.3 Å². The molecule has 2 heterocycles. The van der Waals surface area contributed by atoms with Crippen LogP contribution in [-0.4, -0.2) is 34.3 Å². The number of aliphatic hydroxyl groups excluding tert-OH is 1. The monoisotopic (exact) mass is 382 g/mol. The average Bonchev–Trinajstić information content (AvgIpc) is 2.65. The summed E-state index contributed by atoms with van der Waals surface area (Å²) >= 11 is 0. The number of nitrogens with one attached hydrogen (secondary N) is 1. The highest BCUT2D eigenvalue weighted by molar-refractivity contribution is 5.51. The molecular weight excluding hydrogens is 348 g/mol. The Labute approximate surface area is 169 Å². The Morgan fingerprint density at radius 3 is 2.50 bits per heavy atom. The van der Waals surface area contributed by atoms with Gasteiger partial charge in [0.1, 0.15) is 5.82 Å². The first-order valence-corrected chi connectivity index (χ1v) is 10.3. The average molecular weight is 383 g/mol. The van der Waals surface area contributed by atoms with Crippen LogP contribution in [-0.2, 0) is 12.0 Å². The number of aromatic nitrogens is 2. The summed E-state index contributed by atoms with van der Waals surface area (Å²) in [6.45, 7) is 14.9. The molecule has 0 spiro atoms. The highest BCUT2D eigenvalue weighted by Gasteiger charge is 2.32. The van der Waals surface area contributed by atoms with E-state index in [0.29, 0.717) is 17.8 Å². The molecular formula is C23H34N4O. The summed E-state index contributed by atoms with van der Waals surface area (Å²) in [5.74, 6) is 2.15. The van der Waals surface area contributed by atoms with Crippen molar-refractivity contribution in [3.63, 3.8) is 0 Å². The van der Waals surface area contributed by atoms with E-state index in [9.17, 15) is 5.11 Å². The van der Waals surface area contributed by atoms with E-state index >= 15 is 0 Å². The molecule has 0 amide bonds. The van der Waals surface area contributed by atoms with Crippen LogP contribution in [0, 0.1) is 5.92 Å². The quantitative estimate of drug-likeness (QED) is 0.779. The topological polar surface area (TPSA) is 61.3 Å². The Kier molecular flexibility index (Phi) is 5.94.